The number of methoxy groups -OCH3 is 1. The van der Waals surface area contributed by atoms with Crippen LogP contribution in [0.4, 0.5) is 0 Å². The molecular weight excluding hydrogens is 304 g/mol. The second-order valence-corrected chi connectivity index (χ2v) is 6.07. The summed E-state index contributed by atoms with van der Waals surface area (Å²) in [6, 6.07) is 13.1. The van der Waals surface area contributed by atoms with E-state index in [1.165, 1.54) is 0 Å². The molecule has 0 aliphatic heterocycles. The number of aliphatic hydroxyl groups excluding tert-OH is 1. The standard InChI is InChI=1S/C19H22N2O3/c1-24-17-8-4-7-16-15(17)9-10-19(16,20)18(23)21-11-13-5-2-3-6-14(13)12-22/h2-8,22H,9-12,20H2,1H3,(H,21,23). The molecule has 3 rings (SSSR count). The second kappa shape index (κ2) is 6.63. The zero-order valence-corrected chi connectivity index (χ0v) is 13.7. The Morgan fingerprint density at radius 2 is 2.00 bits per heavy atom. The van der Waals surface area contributed by atoms with Crippen LogP contribution in [0, 0.1) is 0 Å². The van der Waals surface area contributed by atoms with Crippen molar-refractivity contribution in [1.82, 2.24) is 5.32 Å². The number of hydrogen-bond acceptors (Lipinski definition) is 4. The topological polar surface area (TPSA) is 84.6 Å². The summed E-state index contributed by atoms with van der Waals surface area (Å²) in [6.45, 7) is 0.285. The summed E-state index contributed by atoms with van der Waals surface area (Å²) in [7, 11) is 1.62. The van der Waals surface area contributed by atoms with Gasteiger partial charge in [-0.1, -0.05) is 36.4 Å². The van der Waals surface area contributed by atoms with E-state index in [0.717, 1.165) is 34.4 Å². The van der Waals surface area contributed by atoms with Crippen molar-refractivity contribution in [3.05, 3.63) is 64.7 Å². The van der Waals surface area contributed by atoms with Crippen LogP contribution in [0.3, 0.4) is 0 Å². The number of aliphatic hydroxyl groups is 1. The Bertz CT molecular complexity index is 760. The maximum atomic E-state index is 12.8. The van der Waals surface area contributed by atoms with Gasteiger partial charge in [0.1, 0.15) is 11.3 Å². The van der Waals surface area contributed by atoms with Gasteiger partial charge in [0.25, 0.3) is 0 Å². The van der Waals surface area contributed by atoms with E-state index in [9.17, 15) is 9.90 Å². The first-order valence-corrected chi connectivity index (χ1v) is 8.01. The van der Waals surface area contributed by atoms with Crippen molar-refractivity contribution in [2.24, 2.45) is 5.73 Å². The highest BCUT2D eigenvalue weighted by Gasteiger charge is 2.42. The number of carbonyl (C=O) groups excluding carboxylic acids is 1. The highest BCUT2D eigenvalue weighted by molar-refractivity contribution is 5.89. The number of ether oxygens (including phenoxy) is 1. The lowest BCUT2D eigenvalue weighted by Crippen LogP contribution is -2.49. The highest BCUT2D eigenvalue weighted by Crippen LogP contribution is 2.39. The average molecular weight is 326 g/mol. The molecule has 0 saturated carbocycles. The summed E-state index contributed by atoms with van der Waals surface area (Å²) in [6.07, 6.45) is 1.27. The van der Waals surface area contributed by atoms with Gasteiger partial charge in [0.05, 0.1) is 13.7 Å². The molecular formula is C19H22N2O3. The number of fused-ring (bicyclic) bond motifs is 1. The zero-order valence-electron chi connectivity index (χ0n) is 13.7. The smallest absolute Gasteiger partial charge is 0.244 e. The van der Waals surface area contributed by atoms with E-state index in [1.54, 1.807) is 7.11 Å². The summed E-state index contributed by atoms with van der Waals surface area (Å²) in [5.41, 5.74) is 8.94. The third-order valence-corrected chi connectivity index (χ3v) is 4.74. The van der Waals surface area contributed by atoms with Gasteiger partial charge in [-0.3, -0.25) is 4.79 Å². The quantitative estimate of drug-likeness (QED) is 0.779. The van der Waals surface area contributed by atoms with Crippen LogP contribution in [-0.4, -0.2) is 18.1 Å². The van der Waals surface area contributed by atoms with Gasteiger partial charge in [0.15, 0.2) is 0 Å². The minimum Gasteiger partial charge on any atom is -0.496 e. The van der Waals surface area contributed by atoms with Crippen LogP contribution >= 0.6 is 0 Å². The molecule has 5 nitrogen and oxygen atoms in total. The van der Waals surface area contributed by atoms with E-state index in [2.05, 4.69) is 5.32 Å². The first-order valence-electron chi connectivity index (χ1n) is 8.01. The Morgan fingerprint density at radius 1 is 1.25 bits per heavy atom. The molecule has 1 unspecified atom stereocenters. The van der Waals surface area contributed by atoms with Gasteiger partial charge in [0.2, 0.25) is 5.91 Å². The minimum absolute atomic E-state index is 0.0557. The fraction of sp³-hybridized carbons (Fsp3) is 0.316. The fourth-order valence-corrected chi connectivity index (χ4v) is 3.34. The molecule has 1 atom stereocenters. The second-order valence-electron chi connectivity index (χ2n) is 6.07. The summed E-state index contributed by atoms with van der Waals surface area (Å²) >= 11 is 0. The lowest BCUT2D eigenvalue weighted by molar-refractivity contribution is -0.126. The van der Waals surface area contributed by atoms with Gasteiger partial charge in [-0.05, 0) is 41.2 Å². The molecule has 0 bridgehead atoms. The first kappa shape index (κ1) is 16.5. The minimum atomic E-state index is -1.04. The van der Waals surface area contributed by atoms with Crippen molar-refractivity contribution >= 4 is 5.91 Å². The van der Waals surface area contributed by atoms with Crippen LogP contribution in [0.2, 0.25) is 0 Å². The van der Waals surface area contributed by atoms with E-state index in [1.807, 2.05) is 42.5 Å². The van der Waals surface area contributed by atoms with Crippen molar-refractivity contribution < 1.29 is 14.6 Å². The molecule has 0 spiro atoms. The predicted molar refractivity (Wildman–Crippen MR) is 91.4 cm³/mol. The van der Waals surface area contributed by atoms with Crippen molar-refractivity contribution in [2.75, 3.05) is 7.11 Å². The van der Waals surface area contributed by atoms with Gasteiger partial charge in [-0.2, -0.15) is 0 Å². The van der Waals surface area contributed by atoms with Crippen LogP contribution in [0.25, 0.3) is 0 Å². The first-order chi connectivity index (χ1) is 11.6. The number of carbonyl (C=O) groups is 1. The summed E-state index contributed by atoms with van der Waals surface area (Å²) in [5.74, 6) is 0.570. The maximum absolute atomic E-state index is 12.8. The van der Waals surface area contributed by atoms with Crippen molar-refractivity contribution in [3.8, 4) is 5.75 Å². The van der Waals surface area contributed by atoms with E-state index in [0.29, 0.717) is 13.0 Å². The van der Waals surface area contributed by atoms with Crippen LogP contribution < -0.4 is 15.8 Å². The summed E-state index contributed by atoms with van der Waals surface area (Å²) in [5, 5.41) is 12.3. The Morgan fingerprint density at radius 3 is 2.71 bits per heavy atom. The molecule has 0 fully saturated rings. The maximum Gasteiger partial charge on any atom is 0.244 e. The zero-order chi connectivity index (χ0) is 17.2. The molecule has 1 amide bonds. The third kappa shape index (κ3) is 2.77. The summed E-state index contributed by atoms with van der Waals surface area (Å²) < 4.78 is 5.37. The molecule has 2 aromatic rings. The number of amides is 1. The van der Waals surface area contributed by atoms with E-state index < -0.39 is 5.54 Å². The predicted octanol–water partition coefficient (Wildman–Crippen LogP) is 1.60. The van der Waals surface area contributed by atoms with Crippen LogP contribution in [0.1, 0.15) is 28.7 Å². The van der Waals surface area contributed by atoms with Crippen LogP contribution in [0.5, 0.6) is 5.75 Å². The number of hydrogen-bond donors (Lipinski definition) is 3. The monoisotopic (exact) mass is 326 g/mol. The molecule has 4 N–H and O–H groups in total. The fourth-order valence-electron chi connectivity index (χ4n) is 3.34. The molecule has 5 heteroatoms. The van der Waals surface area contributed by atoms with Gasteiger partial charge in [0, 0.05) is 6.54 Å². The Labute approximate surface area is 141 Å². The van der Waals surface area contributed by atoms with E-state index in [-0.39, 0.29) is 12.5 Å². The lowest BCUT2D eigenvalue weighted by Gasteiger charge is -2.24. The third-order valence-electron chi connectivity index (χ3n) is 4.74. The SMILES string of the molecule is COc1cccc2c1CCC2(N)C(=O)NCc1ccccc1CO. The number of nitrogens with two attached hydrogens (primary N) is 1. The molecule has 2 aromatic carbocycles. The van der Waals surface area contributed by atoms with Crippen molar-refractivity contribution in [1.29, 1.82) is 0 Å². The average Bonchev–Trinajstić information content (AvgIpc) is 2.98. The normalized spacial score (nSPS) is 19.0. The van der Waals surface area contributed by atoms with Crippen LogP contribution in [0.15, 0.2) is 42.5 Å². The van der Waals surface area contributed by atoms with Crippen molar-refractivity contribution in [2.45, 2.75) is 31.5 Å². The Hall–Kier alpha value is -2.37. The van der Waals surface area contributed by atoms with Crippen molar-refractivity contribution in [3.63, 3.8) is 0 Å². The number of nitrogens with one attached hydrogen (secondary N) is 1. The van der Waals surface area contributed by atoms with E-state index in [4.69, 9.17) is 10.5 Å². The molecule has 0 saturated heterocycles. The van der Waals surface area contributed by atoms with Gasteiger partial charge >= 0.3 is 0 Å². The molecule has 126 valence electrons. The van der Waals surface area contributed by atoms with Gasteiger partial charge in [-0.25, -0.2) is 0 Å². The molecule has 0 heterocycles. The van der Waals surface area contributed by atoms with E-state index >= 15 is 0 Å². The summed E-state index contributed by atoms with van der Waals surface area (Å²) in [4.78, 5) is 12.8. The van der Waals surface area contributed by atoms with Gasteiger partial charge < -0.3 is 20.9 Å². The molecule has 0 radical (unpaired) electrons. The number of rotatable bonds is 5. The lowest BCUT2D eigenvalue weighted by atomic mass is 9.91. The molecule has 24 heavy (non-hydrogen) atoms. The molecule has 0 aromatic heterocycles. The Kier molecular flexibility index (Phi) is 4.55. The van der Waals surface area contributed by atoms with Gasteiger partial charge in [-0.15, -0.1) is 0 Å². The number of benzene rings is 2. The molecule has 1 aliphatic rings. The van der Waals surface area contributed by atoms with Crippen LogP contribution in [-0.2, 0) is 29.9 Å². The Balaban J connectivity index is 1.79. The molecule has 1 aliphatic carbocycles. The largest absolute Gasteiger partial charge is 0.496 e. The highest BCUT2D eigenvalue weighted by atomic mass is 16.5.